The Labute approximate surface area is 106 Å². The molecule has 0 fully saturated rings. The highest BCUT2D eigenvalue weighted by atomic mass is 35.5. The van der Waals surface area contributed by atoms with Crippen LogP contribution in [0.15, 0.2) is 30.6 Å². The monoisotopic (exact) mass is 249 g/mol. The van der Waals surface area contributed by atoms with E-state index in [1.54, 1.807) is 0 Å². The van der Waals surface area contributed by atoms with Gasteiger partial charge in [-0.1, -0.05) is 23.7 Å². The van der Waals surface area contributed by atoms with Crippen LogP contribution in [0.1, 0.15) is 29.7 Å². The molecule has 1 aromatic heterocycles. The molecule has 0 amide bonds. The van der Waals surface area contributed by atoms with Crippen LogP contribution >= 0.6 is 11.6 Å². The number of nitrogens with two attached hydrogens (primary N) is 1. The maximum atomic E-state index is 6.24. The summed E-state index contributed by atoms with van der Waals surface area (Å²) in [6, 6.07) is 5.64. The molecule has 0 aliphatic heterocycles. The SMILES string of the molecule is CCn1cc(C(N)c2cccc(Cl)c2C)cn1. The van der Waals surface area contributed by atoms with E-state index in [0.717, 1.165) is 28.3 Å². The third-order valence-electron chi connectivity index (χ3n) is 2.98. The Bertz CT molecular complexity index is 519. The zero-order valence-corrected chi connectivity index (χ0v) is 10.8. The summed E-state index contributed by atoms with van der Waals surface area (Å²) in [7, 11) is 0. The van der Waals surface area contributed by atoms with Gasteiger partial charge in [-0.25, -0.2) is 0 Å². The van der Waals surface area contributed by atoms with Gasteiger partial charge in [-0.05, 0) is 31.0 Å². The van der Waals surface area contributed by atoms with Gasteiger partial charge < -0.3 is 5.73 Å². The first kappa shape index (κ1) is 12.1. The van der Waals surface area contributed by atoms with Gasteiger partial charge in [-0.15, -0.1) is 0 Å². The fourth-order valence-corrected chi connectivity index (χ4v) is 2.04. The number of aryl methyl sites for hydroxylation is 1. The molecule has 3 nitrogen and oxygen atoms in total. The lowest BCUT2D eigenvalue weighted by Gasteiger charge is -2.13. The van der Waals surface area contributed by atoms with Gasteiger partial charge in [-0.2, -0.15) is 5.10 Å². The van der Waals surface area contributed by atoms with Crippen molar-refractivity contribution in [3.63, 3.8) is 0 Å². The molecule has 1 aromatic carbocycles. The van der Waals surface area contributed by atoms with E-state index in [2.05, 4.69) is 5.10 Å². The molecule has 2 aromatic rings. The Hall–Kier alpha value is -1.32. The first-order valence-electron chi connectivity index (χ1n) is 5.66. The largest absolute Gasteiger partial charge is 0.320 e. The molecule has 0 aliphatic rings. The average Bonchev–Trinajstić information content (AvgIpc) is 2.80. The van der Waals surface area contributed by atoms with Crippen LogP contribution in [0.3, 0.4) is 0 Å². The number of rotatable bonds is 3. The lowest BCUT2D eigenvalue weighted by molar-refractivity contribution is 0.658. The molecular weight excluding hydrogens is 234 g/mol. The third kappa shape index (κ3) is 2.35. The summed E-state index contributed by atoms with van der Waals surface area (Å²) in [5.74, 6) is 0. The second-order valence-corrected chi connectivity index (χ2v) is 4.47. The van der Waals surface area contributed by atoms with E-state index in [4.69, 9.17) is 17.3 Å². The number of hydrogen-bond acceptors (Lipinski definition) is 2. The van der Waals surface area contributed by atoms with Crippen LogP contribution in [0.4, 0.5) is 0 Å². The van der Waals surface area contributed by atoms with Crippen LogP contribution in [-0.2, 0) is 6.54 Å². The van der Waals surface area contributed by atoms with E-state index in [9.17, 15) is 0 Å². The molecule has 0 bridgehead atoms. The molecule has 0 radical (unpaired) electrons. The average molecular weight is 250 g/mol. The first-order valence-corrected chi connectivity index (χ1v) is 6.04. The predicted octanol–water partition coefficient (Wildman–Crippen LogP) is 2.91. The van der Waals surface area contributed by atoms with E-state index in [-0.39, 0.29) is 6.04 Å². The summed E-state index contributed by atoms with van der Waals surface area (Å²) in [5.41, 5.74) is 9.34. The third-order valence-corrected chi connectivity index (χ3v) is 3.39. The van der Waals surface area contributed by atoms with E-state index in [1.807, 2.05) is 49.1 Å². The number of halogens is 1. The van der Waals surface area contributed by atoms with Crippen molar-refractivity contribution < 1.29 is 0 Å². The van der Waals surface area contributed by atoms with Crippen molar-refractivity contribution in [2.24, 2.45) is 5.73 Å². The molecule has 0 saturated carbocycles. The number of hydrogen-bond donors (Lipinski definition) is 1. The molecule has 1 heterocycles. The van der Waals surface area contributed by atoms with Gasteiger partial charge in [-0.3, -0.25) is 4.68 Å². The molecule has 0 saturated heterocycles. The minimum absolute atomic E-state index is 0.172. The summed E-state index contributed by atoms with van der Waals surface area (Å²) < 4.78 is 1.87. The highest BCUT2D eigenvalue weighted by Crippen LogP contribution is 2.26. The van der Waals surface area contributed by atoms with Crippen molar-refractivity contribution in [2.45, 2.75) is 26.4 Å². The van der Waals surface area contributed by atoms with Gasteiger partial charge in [0.15, 0.2) is 0 Å². The van der Waals surface area contributed by atoms with Crippen LogP contribution in [0.5, 0.6) is 0 Å². The molecule has 90 valence electrons. The maximum absolute atomic E-state index is 6.24. The molecule has 0 spiro atoms. The van der Waals surface area contributed by atoms with Crippen LogP contribution in [0.25, 0.3) is 0 Å². The van der Waals surface area contributed by atoms with E-state index in [1.165, 1.54) is 0 Å². The minimum atomic E-state index is -0.172. The molecular formula is C13H16ClN3. The van der Waals surface area contributed by atoms with Crippen LogP contribution in [0, 0.1) is 6.92 Å². The smallest absolute Gasteiger partial charge is 0.0585 e. The fourth-order valence-electron chi connectivity index (χ4n) is 1.85. The Balaban J connectivity index is 2.36. The summed E-state index contributed by atoms with van der Waals surface area (Å²) in [5, 5.41) is 4.99. The Morgan fingerprint density at radius 2 is 2.24 bits per heavy atom. The van der Waals surface area contributed by atoms with Crippen molar-refractivity contribution in [2.75, 3.05) is 0 Å². The van der Waals surface area contributed by atoms with Crippen LogP contribution in [0.2, 0.25) is 5.02 Å². The fraction of sp³-hybridized carbons (Fsp3) is 0.308. The Morgan fingerprint density at radius 3 is 2.88 bits per heavy atom. The summed E-state index contributed by atoms with van der Waals surface area (Å²) in [4.78, 5) is 0. The molecule has 2 rings (SSSR count). The van der Waals surface area contributed by atoms with Crippen molar-refractivity contribution in [3.05, 3.63) is 52.3 Å². The van der Waals surface area contributed by atoms with Crippen molar-refractivity contribution in [1.29, 1.82) is 0 Å². The quantitative estimate of drug-likeness (QED) is 0.909. The molecule has 4 heteroatoms. The number of aromatic nitrogens is 2. The Morgan fingerprint density at radius 1 is 1.47 bits per heavy atom. The molecule has 2 N–H and O–H groups in total. The normalized spacial score (nSPS) is 12.7. The molecule has 1 unspecified atom stereocenters. The van der Waals surface area contributed by atoms with Gasteiger partial charge in [0.05, 0.1) is 12.2 Å². The topological polar surface area (TPSA) is 43.8 Å². The zero-order chi connectivity index (χ0) is 12.4. The summed E-state index contributed by atoms with van der Waals surface area (Å²) in [6.45, 7) is 4.88. The van der Waals surface area contributed by atoms with Gasteiger partial charge in [0.2, 0.25) is 0 Å². The summed E-state index contributed by atoms with van der Waals surface area (Å²) in [6.07, 6.45) is 3.79. The second kappa shape index (κ2) is 4.90. The lowest BCUT2D eigenvalue weighted by atomic mass is 9.98. The van der Waals surface area contributed by atoms with Crippen molar-refractivity contribution in [3.8, 4) is 0 Å². The predicted molar refractivity (Wildman–Crippen MR) is 70.1 cm³/mol. The molecule has 17 heavy (non-hydrogen) atoms. The van der Waals surface area contributed by atoms with Gasteiger partial charge >= 0.3 is 0 Å². The van der Waals surface area contributed by atoms with Crippen LogP contribution < -0.4 is 5.73 Å². The summed E-state index contributed by atoms with van der Waals surface area (Å²) >= 11 is 6.10. The first-order chi connectivity index (χ1) is 8.13. The standard InChI is InChI=1S/C13H16ClN3/c1-3-17-8-10(7-16-17)13(15)11-5-4-6-12(14)9(11)2/h4-8,13H,3,15H2,1-2H3. The number of nitrogens with zero attached hydrogens (tertiary/aromatic N) is 2. The highest BCUT2D eigenvalue weighted by Gasteiger charge is 2.14. The van der Waals surface area contributed by atoms with E-state index >= 15 is 0 Å². The zero-order valence-electron chi connectivity index (χ0n) is 10.0. The van der Waals surface area contributed by atoms with E-state index in [0.29, 0.717) is 0 Å². The van der Waals surface area contributed by atoms with E-state index < -0.39 is 0 Å². The Kier molecular flexibility index (Phi) is 3.50. The van der Waals surface area contributed by atoms with Crippen molar-refractivity contribution >= 4 is 11.6 Å². The molecule has 1 atom stereocenters. The van der Waals surface area contributed by atoms with Gasteiger partial charge in [0.1, 0.15) is 0 Å². The van der Waals surface area contributed by atoms with Crippen molar-refractivity contribution in [1.82, 2.24) is 9.78 Å². The molecule has 0 aliphatic carbocycles. The number of benzene rings is 1. The second-order valence-electron chi connectivity index (χ2n) is 4.06. The highest BCUT2D eigenvalue weighted by molar-refractivity contribution is 6.31. The van der Waals surface area contributed by atoms with Gasteiger partial charge in [0, 0.05) is 23.3 Å². The minimum Gasteiger partial charge on any atom is -0.320 e. The lowest BCUT2D eigenvalue weighted by Crippen LogP contribution is -2.12. The maximum Gasteiger partial charge on any atom is 0.0585 e. The van der Waals surface area contributed by atoms with Gasteiger partial charge in [0.25, 0.3) is 0 Å². The van der Waals surface area contributed by atoms with Crippen LogP contribution in [-0.4, -0.2) is 9.78 Å².